The lowest BCUT2D eigenvalue weighted by molar-refractivity contribution is -0.144. The number of benzene rings is 1. The topological polar surface area (TPSA) is 47.6 Å². The molecule has 0 unspecified atom stereocenters. The molecule has 0 aliphatic heterocycles. The van der Waals surface area contributed by atoms with Gasteiger partial charge in [-0.15, -0.1) is 0 Å². The third-order valence-corrected chi connectivity index (χ3v) is 2.80. The van der Waals surface area contributed by atoms with E-state index in [0.29, 0.717) is 6.54 Å². The Hall–Kier alpha value is -1.55. The lowest BCUT2D eigenvalue weighted by Gasteiger charge is -2.10. The summed E-state index contributed by atoms with van der Waals surface area (Å²) in [4.78, 5) is 11.2. The Balaban J connectivity index is 2.23. The van der Waals surface area contributed by atoms with Gasteiger partial charge in [0.15, 0.2) is 0 Å². The Labute approximate surface area is 108 Å². The Morgan fingerprint density at radius 1 is 1.28 bits per heavy atom. The average molecular weight is 251 g/mol. The summed E-state index contributed by atoms with van der Waals surface area (Å²) in [7, 11) is 3.07. The lowest BCUT2D eigenvalue weighted by atomic mass is 10.1. The number of carbonyl (C=O) groups is 1. The van der Waals surface area contributed by atoms with Crippen molar-refractivity contribution in [2.24, 2.45) is 5.92 Å². The molecular weight excluding hydrogens is 230 g/mol. The molecule has 1 aromatic carbocycles. The Bertz CT molecular complexity index is 362. The Morgan fingerprint density at radius 2 is 1.94 bits per heavy atom. The van der Waals surface area contributed by atoms with E-state index >= 15 is 0 Å². The average Bonchev–Trinajstić information content (AvgIpc) is 2.43. The lowest BCUT2D eigenvalue weighted by Crippen LogP contribution is -2.28. The van der Waals surface area contributed by atoms with Crippen LogP contribution in [0.2, 0.25) is 0 Å². The van der Waals surface area contributed by atoms with E-state index in [1.165, 1.54) is 12.7 Å². The molecule has 0 bridgehead atoms. The van der Waals surface area contributed by atoms with Crippen LogP contribution in [0, 0.1) is 5.92 Å². The standard InChI is InChI=1S/C14H21NO3/c1-11(14(16)18-3)10-15-9-8-12-4-6-13(17-2)7-5-12/h4-7,11,15H,8-10H2,1-3H3/t11-/m1/s1. The highest BCUT2D eigenvalue weighted by atomic mass is 16.5. The third kappa shape index (κ3) is 4.75. The number of carbonyl (C=O) groups excluding carboxylic acids is 1. The van der Waals surface area contributed by atoms with Crippen molar-refractivity contribution in [3.8, 4) is 5.75 Å². The van der Waals surface area contributed by atoms with Crippen LogP contribution in [0.15, 0.2) is 24.3 Å². The molecule has 0 fully saturated rings. The van der Waals surface area contributed by atoms with E-state index in [4.69, 9.17) is 4.74 Å². The number of hydrogen-bond acceptors (Lipinski definition) is 4. The zero-order valence-corrected chi connectivity index (χ0v) is 11.2. The van der Waals surface area contributed by atoms with E-state index in [-0.39, 0.29) is 11.9 Å². The number of ether oxygens (including phenoxy) is 2. The van der Waals surface area contributed by atoms with Crippen molar-refractivity contribution in [3.05, 3.63) is 29.8 Å². The highest BCUT2D eigenvalue weighted by Gasteiger charge is 2.11. The van der Waals surface area contributed by atoms with Crippen molar-refractivity contribution in [1.29, 1.82) is 0 Å². The fourth-order valence-electron chi connectivity index (χ4n) is 1.63. The van der Waals surface area contributed by atoms with Gasteiger partial charge >= 0.3 is 5.97 Å². The number of rotatable bonds is 7. The molecule has 0 radical (unpaired) electrons. The molecule has 0 aromatic heterocycles. The van der Waals surface area contributed by atoms with Gasteiger partial charge in [-0.3, -0.25) is 4.79 Å². The molecule has 0 amide bonds. The first kappa shape index (κ1) is 14.5. The SMILES string of the molecule is COC(=O)[C@H](C)CNCCc1ccc(OC)cc1. The quantitative estimate of drug-likeness (QED) is 0.591. The molecular formula is C14H21NO3. The van der Waals surface area contributed by atoms with Gasteiger partial charge in [-0.2, -0.15) is 0 Å². The third-order valence-electron chi connectivity index (χ3n) is 2.80. The summed E-state index contributed by atoms with van der Waals surface area (Å²) in [6.45, 7) is 3.34. The molecule has 0 saturated heterocycles. The fraction of sp³-hybridized carbons (Fsp3) is 0.500. The van der Waals surface area contributed by atoms with Gasteiger partial charge in [0.2, 0.25) is 0 Å². The molecule has 0 heterocycles. The minimum absolute atomic E-state index is 0.106. The molecule has 4 heteroatoms. The predicted molar refractivity (Wildman–Crippen MR) is 70.7 cm³/mol. The van der Waals surface area contributed by atoms with Crippen LogP contribution in [0.5, 0.6) is 5.75 Å². The Kier molecular flexibility index (Phi) is 6.22. The molecule has 0 saturated carbocycles. The Morgan fingerprint density at radius 3 is 2.50 bits per heavy atom. The van der Waals surface area contributed by atoms with E-state index in [2.05, 4.69) is 10.1 Å². The summed E-state index contributed by atoms with van der Waals surface area (Å²) in [5.74, 6) is 0.587. The fourth-order valence-corrected chi connectivity index (χ4v) is 1.63. The van der Waals surface area contributed by atoms with Crippen LogP contribution in [0.4, 0.5) is 0 Å². The van der Waals surface area contributed by atoms with Gasteiger partial charge in [0.25, 0.3) is 0 Å². The summed E-state index contributed by atoms with van der Waals surface area (Å²) in [6.07, 6.45) is 0.928. The first-order valence-corrected chi connectivity index (χ1v) is 6.09. The van der Waals surface area contributed by atoms with E-state index in [9.17, 15) is 4.79 Å². The van der Waals surface area contributed by atoms with Gasteiger partial charge < -0.3 is 14.8 Å². The number of nitrogens with one attached hydrogen (secondary N) is 1. The van der Waals surface area contributed by atoms with Gasteiger partial charge in [0.1, 0.15) is 5.75 Å². The first-order chi connectivity index (χ1) is 8.67. The van der Waals surface area contributed by atoms with E-state index in [1.807, 2.05) is 31.2 Å². The minimum atomic E-state index is -0.174. The highest BCUT2D eigenvalue weighted by Crippen LogP contribution is 2.11. The summed E-state index contributed by atoms with van der Waals surface area (Å²) in [5, 5.41) is 3.25. The zero-order chi connectivity index (χ0) is 13.4. The van der Waals surface area contributed by atoms with Crippen molar-refractivity contribution in [2.75, 3.05) is 27.3 Å². The molecule has 1 N–H and O–H groups in total. The maximum atomic E-state index is 11.2. The monoisotopic (exact) mass is 251 g/mol. The van der Waals surface area contributed by atoms with Crippen LogP contribution in [0.3, 0.4) is 0 Å². The smallest absolute Gasteiger partial charge is 0.309 e. The van der Waals surface area contributed by atoms with Crippen LogP contribution < -0.4 is 10.1 Å². The van der Waals surface area contributed by atoms with Gasteiger partial charge in [-0.25, -0.2) is 0 Å². The van der Waals surface area contributed by atoms with E-state index in [0.717, 1.165) is 18.7 Å². The normalized spacial score (nSPS) is 11.9. The largest absolute Gasteiger partial charge is 0.497 e. The summed E-state index contributed by atoms with van der Waals surface area (Å²) in [6, 6.07) is 7.99. The van der Waals surface area contributed by atoms with Crippen LogP contribution in [-0.2, 0) is 16.0 Å². The van der Waals surface area contributed by atoms with Gasteiger partial charge in [0.05, 0.1) is 20.1 Å². The molecule has 0 aliphatic carbocycles. The molecule has 0 aliphatic rings. The second-order valence-electron chi connectivity index (χ2n) is 4.23. The van der Waals surface area contributed by atoms with Gasteiger partial charge in [-0.05, 0) is 30.7 Å². The van der Waals surface area contributed by atoms with Crippen molar-refractivity contribution < 1.29 is 14.3 Å². The van der Waals surface area contributed by atoms with Crippen molar-refractivity contribution in [3.63, 3.8) is 0 Å². The maximum Gasteiger partial charge on any atom is 0.309 e. The number of methoxy groups -OCH3 is 2. The van der Waals surface area contributed by atoms with Gasteiger partial charge in [0, 0.05) is 6.54 Å². The molecule has 1 aromatic rings. The van der Waals surface area contributed by atoms with Crippen molar-refractivity contribution >= 4 is 5.97 Å². The van der Waals surface area contributed by atoms with E-state index in [1.54, 1.807) is 7.11 Å². The second-order valence-corrected chi connectivity index (χ2v) is 4.23. The van der Waals surface area contributed by atoms with Crippen LogP contribution >= 0.6 is 0 Å². The van der Waals surface area contributed by atoms with Crippen LogP contribution in [0.1, 0.15) is 12.5 Å². The molecule has 0 spiro atoms. The number of hydrogen-bond donors (Lipinski definition) is 1. The summed E-state index contributed by atoms with van der Waals surface area (Å²) < 4.78 is 9.76. The molecule has 1 atom stereocenters. The molecule has 4 nitrogen and oxygen atoms in total. The molecule has 100 valence electrons. The molecule has 1 rings (SSSR count). The summed E-state index contributed by atoms with van der Waals surface area (Å²) >= 11 is 0. The second kappa shape index (κ2) is 7.71. The molecule has 18 heavy (non-hydrogen) atoms. The van der Waals surface area contributed by atoms with Crippen molar-refractivity contribution in [2.45, 2.75) is 13.3 Å². The van der Waals surface area contributed by atoms with Crippen molar-refractivity contribution in [1.82, 2.24) is 5.32 Å². The number of esters is 1. The maximum absolute atomic E-state index is 11.2. The summed E-state index contributed by atoms with van der Waals surface area (Å²) in [5.41, 5.74) is 1.24. The van der Waals surface area contributed by atoms with E-state index < -0.39 is 0 Å². The first-order valence-electron chi connectivity index (χ1n) is 6.09. The van der Waals surface area contributed by atoms with Crippen LogP contribution in [0.25, 0.3) is 0 Å². The van der Waals surface area contributed by atoms with Gasteiger partial charge in [-0.1, -0.05) is 19.1 Å². The van der Waals surface area contributed by atoms with Crippen LogP contribution in [-0.4, -0.2) is 33.3 Å². The zero-order valence-electron chi connectivity index (χ0n) is 11.2. The minimum Gasteiger partial charge on any atom is -0.497 e. The predicted octanol–water partition coefficient (Wildman–Crippen LogP) is 1.64. The highest BCUT2D eigenvalue weighted by molar-refractivity contribution is 5.71.